The summed E-state index contributed by atoms with van der Waals surface area (Å²) in [6, 6.07) is 13.5. The van der Waals surface area contributed by atoms with Crippen molar-refractivity contribution in [1.29, 1.82) is 0 Å². The molecule has 10 heteroatoms. The number of nitrogens with one attached hydrogen (secondary N) is 2. The average Bonchev–Trinajstić information content (AvgIpc) is 2.93. The summed E-state index contributed by atoms with van der Waals surface area (Å²) in [5.74, 6) is -0.560. The second-order valence-corrected chi connectivity index (χ2v) is 8.82. The van der Waals surface area contributed by atoms with Crippen LogP contribution in [0.15, 0.2) is 48.5 Å². The first-order valence-electron chi connectivity index (χ1n) is 9.70. The summed E-state index contributed by atoms with van der Waals surface area (Å²) in [7, 11) is -3.88. The Kier molecular flexibility index (Phi) is 8.75. The average molecular weight is 477 g/mol. The number of piperidine rings is 1. The van der Waals surface area contributed by atoms with Gasteiger partial charge in [-0.15, -0.1) is 24.8 Å². The Balaban J connectivity index is 0.00000160. The lowest BCUT2D eigenvalue weighted by atomic mass is 10.1. The van der Waals surface area contributed by atoms with E-state index in [2.05, 4.69) is 10.6 Å². The first-order chi connectivity index (χ1) is 13.6. The number of fused-ring (bicyclic) bond motifs is 1. The molecule has 0 radical (unpaired) electrons. The molecule has 2 aliphatic rings. The maximum atomic E-state index is 14.4. The molecule has 4 rings (SSSR count). The van der Waals surface area contributed by atoms with Gasteiger partial charge in [-0.1, -0.05) is 24.3 Å². The molecule has 0 unspecified atom stereocenters. The van der Waals surface area contributed by atoms with E-state index in [1.165, 1.54) is 16.4 Å². The van der Waals surface area contributed by atoms with Gasteiger partial charge in [0.2, 0.25) is 0 Å². The number of anilines is 3. The first-order valence-corrected chi connectivity index (χ1v) is 11.1. The van der Waals surface area contributed by atoms with Crippen molar-refractivity contribution in [3.05, 3.63) is 54.3 Å². The van der Waals surface area contributed by atoms with Crippen molar-refractivity contribution in [2.75, 3.05) is 34.8 Å². The quantitative estimate of drug-likeness (QED) is 0.625. The Morgan fingerprint density at radius 1 is 0.967 bits per heavy atom. The van der Waals surface area contributed by atoms with Gasteiger partial charge in [-0.25, -0.2) is 8.70 Å². The molecule has 2 heterocycles. The minimum atomic E-state index is -3.88. The van der Waals surface area contributed by atoms with Crippen LogP contribution in [0.3, 0.4) is 0 Å². The number of rotatable bonds is 6. The van der Waals surface area contributed by atoms with E-state index in [-0.39, 0.29) is 30.5 Å². The minimum Gasteiger partial charge on any atom is -0.317 e. The van der Waals surface area contributed by atoms with Gasteiger partial charge in [-0.05, 0) is 63.2 Å². The van der Waals surface area contributed by atoms with Crippen LogP contribution in [0.4, 0.5) is 21.5 Å². The molecule has 2 aromatic rings. The van der Waals surface area contributed by atoms with Gasteiger partial charge in [-0.3, -0.25) is 4.31 Å². The summed E-state index contributed by atoms with van der Waals surface area (Å²) < 4.78 is 43.4. The molecule has 6 nitrogen and oxygen atoms in total. The fourth-order valence-corrected chi connectivity index (χ4v) is 5.61. The van der Waals surface area contributed by atoms with Crippen LogP contribution in [-0.2, 0) is 10.2 Å². The van der Waals surface area contributed by atoms with Crippen LogP contribution in [0.25, 0.3) is 0 Å². The smallest absolute Gasteiger partial charge is 0.317 e. The molecular weight excluding hydrogens is 450 g/mol. The van der Waals surface area contributed by atoms with Crippen molar-refractivity contribution in [2.24, 2.45) is 0 Å². The Morgan fingerprint density at radius 3 is 2.23 bits per heavy atom. The van der Waals surface area contributed by atoms with E-state index in [9.17, 15) is 12.8 Å². The molecule has 0 aromatic heterocycles. The van der Waals surface area contributed by atoms with Crippen molar-refractivity contribution in [2.45, 2.75) is 25.3 Å². The fraction of sp³-hybridized carbons (Fsp3) is 0.400. The highest BCUT2D eigenvalue weighted by atomic mass is 35.5. The Morgan fingerprint density at radius 2 is 1.57 bits per heavy atom. The second kappa shape index (κ2) is 10.6. The molecule has 0 aliphatic carbocycles. The van der Waals surface area contributed by atoms with Crippen molar-refractivity contribution in [3.8, 4) is 0 Å². The van der Waals surface area contributed by atoms with E-state index in [4.69, 9.17) is 0 Å². The second-order valence-electron chi connectivity index (χ2n) is 7.12. The lowest BCUT2D eigenvalue weighted by molar-refractivity contribution is 0.387. The van der Waals surface area contributed by atoms with Crippen LogP contribution in [-0.4, -0.2) is 40.6 Å². The number of benzene rings is 2. The molecule has 2 aromatic carbocycles. The van der Waals surface area contributed by atoms with Crippen molar-refractivity contribution in [1.82, 2.24) is 10.6 Å². The fourth-order valence-electron chi connectivity index (χ4n) is 3.86. The third-order valence-corrected chi connectivity index (χ3v) is 7.05. The summed E-state index contributed by atoms with van der Waals surface area (Å²) in [6.07, 6.45) is 2.86. The molecule has 2 N–H and O–H groups in total. The summed E-state index contributed by atoms with van der Waals surface area (Å²) in [4.78, 5) is 0. The lowest BCUT2D eigenvalue weighted by Gasteiger charge is -2.25. The summed E-state index contributed by atoms with van der Waals surface area (Å²) in [5.41, 5.74) is 1.12. The molecule has 2 aliphatic heterocycles. The van der Waals surface area contributed by atoms with E-state index in [0.29, 0.717) is 30.4 Å². The van der Waals surface area contributed by atoms with Crippen LogP contribution in [0.1, 0.15) is 19.3 Å². The third-order valence-electron chi connectivity index (χ3n) is 5.26. The van der Waals surface area contributed by atoms with Crippen molar-refractivity contribution < 1.29 is 12.8 Å². The molecule has 0 amide bonds. The molecular formula is C20H27Cl2FN4O2S. The summed E-state index contributed by atoms with van der Waals surface area (Å²) in [5, 5.41) is 6.85. The van der Waals surface area contributed by atoms with Gasteiger partial charge >= 0.3 is 10.2 Å². The van der Waals surface area contributed by atoms with Gasteiger partial charge in [0.15, 0.2) is 0 Å². The van der Waals surface area contributed by atoms with Gasteiger partial charge in [0.1, 0.15) is 5.82 Å². The first kappa shape index (κ1) is 24.7. The molecule has 0 spiro atoms. The maximum Gasteiger partial charge on any atom is 0.331 e. The SMILES string of the molecule is Cl.Cl.O=S1(=O)N(CCCNC2CCNCC2)c2ccccc2N1c1ccccc1F. The molecule has 1 fully saturated rings. The normalized spacial score (nSPS) is 17.8. The summed E-state index contributed by atoms with van der Waals surface area (Å²) >= 11 is 0. The van der Waals surface area contributed by atoms with Crippen LogP contribution in [0.5, 0.6) is 0 Å². The van der Waals surface area contributed by atoms with E-state index >= 15 is 0 Å². The van der Waals surface area contributed by atoms with Crippen LogP contribution < -0.4 is 19.2 Å². The zero-order valence-electron chi connectivity index (χ0n) is 16.5. The highest BCUT2D eigenvalue weighted by molar-refractivity contribution is 7.95. The van der Waals surface area contributed by atoms with Crippen molar-refractivity contribution in [3.63, 3.8) is 0 Å². The third kappa shape index (κ3) is 4.84. The molecule has 0 saturated carbocycles. The standard InChI is InChI=1S/C20H25FN4O2S.2ClH/c21-17-6-1-2-7-18(17)25-20-9-4-3-8-19(20)24(28(25,26)27)15-5-12-23-16-10-13-22-14-11-16;;/h1-4,6-9,16,22-23H,5,10-15H2;2*1H. The number of para-hydroxylation sites is 3. The summed E-state index contributed by atoms with van der Waals surface area (Å²) in [6.45, 7) is 3.13. The lowest BCUT2D eigenvalue weighted by Crippen LogP contribution is -2.41. The van der Waals surface area contributed by atoms with Gasteiger partial charge < -0.3 is 10.6 Å². The van der Waals surface area contributed by atoms with Gasteiger partial charge in [0.05, 0.1) is 17.1 Å². The highest BCUT2D eigenvalue weighted by Gasteiger charge is 2.41. The molecule has 1 saturated heterocycles. The van der Waals surface area contributed by atoms with Crippen LogP contribution >= 0.6 is 24.8 Å². The van der Waals surface area contributed by atoms with E-state index < -0.39 is 16.0 Å². The molecule has 166 valence electrons. The monoisotopic (exact) mass is 476 g/mol. The van der Waals surface area contributed by atoms with Crippen molar-refractivity contribution >= 4 is 52.1 Å². The number of nitrogens with zero attached hydrogens (tertiary/aromatic N) is 2. The maximum absolute atomic E-state index is 14.4. The van der Waals surface area contributed by atoms with Crippen LogP contribution in [0.2, 0.25) is 0 Å². The predicted octanol–water partition coefficient (Wildman–Crippen LogP) is 3.60. The minimum absolute atomic E-state index is 0. The topological polar surface area (TPSA) is 64.7 Å². The van der Waals surface area contributed by atoms with E-state index in [1.54, 1.807) is 36.4 Å². The number of hydrogen-bond donors (Lipinski definition) is 2. The zero-order valence-corrected chi connectivity index (χ0v) is 18.9. The van der Waals surface area contributed by atoms with Crippen LogP contribution in [0, 0.1) is 5.82 Å². The van der Waals surface area contributed by atoms with E-state index in [0.717, 1.165) is 36.8 Å². The number of hydrogen-bond acceptors (Lipinski definition) is 4. The Bertz CT molecular complexity index is 942. The highest BCUT2D eigenvalue weighted by Crippen LogP contribution is 2.45. The largest absolute Gasteiger partial charge is 0.331 e. The molecule has 30 heavy (non-hydrogen) atoms. The van der Waals surface area contributed by atoms with Gasteiger partial charge in [0.25, 0.3) is 0 Å². The Hall–Kier alpha value is -1.58. The predicted molar refractivity (Wildman–Crippen MR) is 124 cm³/mol. The van der Waals surface area contributed by atoms with Gasteiger partial charge in [0, 0.05) is 12.6 Å². The zero-order chi connectivity index (χ0) is 19.6. The Labute approximate surface area is 189 Å². The van der Waals surface area contributed by atoms with Gasteiger partial charge in [-0.2, -0.15) is 8.42 Å². The molecule has 0 atom stereocenters. The molecule has 0 bridgehead atoms. The number of halogens is 3. The van der Waals surface area contributed by atoms with E-state index in [1.807, 2.05) is 0 Å².